The normalized spacial score (nSPS) is 22.6. The van der Waals surface area contributed by atoms with Crippen molar-refractivity contribution in [1.29, 1.82) is 0 Å². The molecule has 0 amide bonds. The van der Waals surface area contributed by atoms with Crippen molar-refractivity contribution >= 4 is 23.6 Å². The first-order valence-electron chi connectivity index (χ1n) is 12.3. The molecule has 40 heavy (non-hydrogen) atoms. The highest BCUT2D eigenvalue weighted by atomic mass is 16.7. The van der Waals surface area contributed by atoms with Crippen molar-refractivity contribution in [2.75, 3.05) is 7.11 Å². The van der Waals surface area contributed by atoms with Gasteiger partial charge in [-0.25, -0.2) is 14.4 Å². The number of methoxy groups -OCH3 is 1. The molecule has 0 radical (unpaired) electrons. The van der Waals surface area contributed by atoms with Gasteiger partial charge in [-0.15, -0.1) is 0 Å². The summed E-state index contributed by atoms with van der Waals surface area (Å²) in [6, 6.07) is 21.3. The molecule has 0 spiro atoms. The molecule has 1 heterocycles. The summed E-state index contributed by atoms with van der Waals surface area (Å²) in [5, 5.41) is 10.9. The average molecular weight is 550 g/mol. The molecule has 5 atom stereocenters. The topological polar surface area (TPSA) is 141 Å². The Labute approximate surface area is 229 Å². The van der Waals surface area contributed by atoms with Crippen molar-refractivity contribution in [3.8, 4) is 0 Å². The van der Waals surface area contributed by atoms with Crippen LogP contribution in [-0.2, 0) is 23.7 Å². The van der Waals surface area contributed by atoms with E-state index >= 15 is 0 Å². The summed E-state index contributed by atoms with van der Waals surface area (Å²) in [6.07, 6.45) is -4.61. The van der Waals surface area contributed by atoms with Crippen LogP contribution in [0.3, 0.4) is 0 Å². The van der Waals surface area contributed by atoms with Gasteiger partial charge in [0, 0.05) is 19.2 Å². The SMILES string of the molecule is CO[C@H]1O[C@H](C(C)OC(=O)c2ccc([N+](=O)[O-])cc2)[C@@H](OC(=O)c2ccccc2)[C@@]1(C)OC(=O)c1ccccc1. The number of benzene rings is 3. The average Bonchev–Trinajstić information content (AvgIpc) is 3.24. The third kappa shape index (κ3) is 6.00. The summed E-state index contributed by atoms with van der Waals surface area (Å²) in [7, 11) is 1.34. The summed E-state index contributed by atoms with van der Waals surface area (Å²) in [5.74, 6) is -2.21. The molecule has 3 aromatic rings. The molecule has 0 aromatic heterocycles. The highest BCUT2D eigenvalue weighted by Gasteiger charge is 2.61. The number of nitrogens with zero attached hydrogens (tertiary/aromatic N) is 1. The van der Waals surface area contributed by atoms with Gasteiger partial charge in [-0.1, -0.05) is 36.4 Å². The summed E-state index contributed by atoms with van der Waals surface area (Å²) >= 11 is 0. The van der Waals surface area contributed by atoms with Gasteiger partial charge in [0.25, 0.3) is 5.69 Å². The smallest absolute Gasteiger partial charge is 0.338 e. The minimum atomic E-state index is -1.65. The highest BCUT2D eigenvalue weighted by molar-refractivity contribution is 5.91. The number of carbonyl (C=O) groups is 3. The Morgan fingerprint density at radius 2 is 1.38 bits per heavy atom. The second-order valence-electron chi connectivity index (χ2n) is 9.21. The Morgan fingerprint density at radius 3 is 1.90 bits per heavy atom. The van der Waals surface area contributed by atoms with Crippen LogP contribution in [0.25, 0.3) is 0 Å². The van der Waals surface area contributed by atoms with Crippen LogP contribution in [0.15, 0.2) is 84.9 Å². The van der Waals surface area contributed by atoms with Crippen LogP contribution in [0.2, 0.25) is 0 Å². The number of hydrogen-bond donors (Lipinski definition) is 0. The van der Waals surface area contributed by atoms with E-state index in [1.54, 1.807) is 60.7 Å². The third-order valence-electron chi connectivity index (χ3n) is 6.46. The number of non-ortho nitro benzene ring substituents is 1. The molecule has 0 N–H and O–H groups in total. The van der Waals surface area contributed by atoms with Gasteiger partial charge in [0.05, 0.1) is 21.6 Å². The molecule has 4 rings (SSSR count). The van der Waals surface area contributed by atoms with Crippen LogP contribution in [0, 0.1) is 10.1 Å². The molecule has 1 aliphatic heterocycles. The maximum absolute atomic E-state index is 13.1. The molecule has 11 heteroatoms. The lowest BCUT2D eigenvalue weighted by Crippen LogP contribution is -2.53. The minimum Gasteiger partial charge on any atom is -0.456 e. The largest absolute Gasteiger partial charge is 0.456 e. The van der Waals surface area contributed by atoms with E-state index in [9.17, 15) is 24.5 Å². The van der Waals surface area contributed by atoms with E-state index in [2.05, 4.69) is 0 Å². The quantitative estimate of drug-likeness (QED) is 0.164. The fourth-order valence-electron chi connectivity index (χ4n) is 4.36. The van der Waals surface area contributed by atoms with Crippen molar-refractivity contribution in [2.24, 2.45) is 0 Å². The molecule has 208 valence electrons. The molecule has 1 fully saturated rings. The highest BCUT2D eigenvalue weighted by Crippen LogP contribution is 2.40. The van der Waals surface area contributed by atoms with E-state index in [1.807, 2.05) is 0 Å². The van der Waals surface area contributed by atoms with Crippen molar-refractivity contribution < 1.29 is 43.0 Å². The van der Waals surface area contributed by atoms with Gasteiger partial charge in [0.15, 0.2) is 11.7 Å². The zero-order valence-corrected chi connectivity index (χ0v) is 21.9. The molecule has 1 saturated heterocycles. The summed E-state index contributed by atoms with van der Waals surface area (Å²) < 4.78 is 28.8. The fourth-order valence-corrected chi connectivity index (χ4v) is 4.36. The van der Waals surface area contributed by atoms with Crippen LogP contribution >= 0.6 is 0 Å². The molecule has 3 aromatic carbocycles. The zero-order chi connectivity index (χ0) is 28.9. The minimum absolute atomic E-state index is 0.0647. The van der Waals surface area contributed by atoms with E-state index in [4.69, 9.17) is 23.7 Å². The summed E-state index contributed by atoms with van der Waals surface area (Å²) in [5.41, 5.74) is -1.27. The van der Waals surface area contributed by atoms with Crippen molar-refractivity contribution in [2.45, 2.75) is 44.1 Å². The Bertz CT molecular complexity index is 1360. The van der Waals surface area contributed by atoms with Crippen molar-refractivity contribution in [3.63, 3.8) is 0 Å². The molecule has 0 bridgehead atoms. The predicted molar refractivity (Wildman–Crippen MR) is 140 cm³/mol. The van der Waals surface area contributed by atoms with Gasteiger partial charge in [-0.05, 0) is 50.2 Å². The van der Waals surface area contributed by atoms with E-state index in [1.165, 1.54) is 45.2 Å². The van der Waals surface area contributed by atoms with Crippen molar-refractivity contribution in [1.82, 2.24) is 0 Å². The number of nitro groups is 1. The molecular weight excluding hydrogens is 522 g/mol. The van der Waals surface area contributed by atoms with E-state index < -0.39 is 53.0 Å². The second-order valence-corrected chi connectivity index (χ2v) is 9.21. The lowest BCUT2D eigenvalue weighted by molar-refractivity contribution is -0.384. The van der Waals surface area contributed by atoms with Gasteiger partial charge in [0.1, 0.15) is 12.2 Å². The van der Waals surface area contributed by atoms with E-state index in [0.717, 1.165) is 0 Å². The van der Waals surface area contributed by atoms with Gasteiger partial charge in [-0.2, -0.15) is 0 Å². The fraction of sp³-hybridized carbons (Fsp3) is 0.276. The number of carbonyl (C=O) groups excluding carboxylic acids is 3. The first-order chi connectivity index (χ1) is 19.1. The number of hydrogen-bond acceptors (Lipinski definition) is 10. The summed E-state index contributed by atoms with van der Waals surface area (Å²) in [4.78, 5) is 49.4. The zero-order valence-electron chi connectivity index (χ0n) is 21.9. The van der Waals surface area contributed by atoms with Crippen LogP contribution in [0.1, 0.15) is 44.9 Å². The van der Waals surface area contributed by atoms with Gasteiger partial charge < -0.3 is 23.7 Å². The Hall–Kier alpha value is -4.61. The maximum Gasteiger partial charge on any atom is 0.338 e. The van der Waals surface area contributed by atoms with E-state index in [-0.39, 0.29) is 22.4 Å². The molecule has 1 aliphatic rings. The molecule has 1 unspecified atom stereocenters. The lowest BCUT2D eigenvalue weighted by atomic mass is 9.94. The molecular formula is C29H27NO10. The standard InChI is InChI=1S/C29H27NO10/c1-18(37-25(31)21-14-16-22(17-15-21)30(34)35)23-24(39-26(32)19-10-6-4-7-11-19)29(2,28(36-3)38-23)40-27(33)20-12-8-5-9-13-20/h4-18,23-24,28H,1-3H3/t18?,23-,24-,28+,29-/m1/s1. The van der Waals surface area contributed by atoms with Crippen LogP contribution in [0.5, 0.6) is 0 Å². The number of ether oxygens (including phenoxy) is 5. The molecule has 11 nitrogen and oxygen atoms in total. The predicted octanol–water partition coefficient (Wildman–Crippen LogP) is 4.35. The Kier molecular flexibility index (Phi) is 8.56. The Morgan fingerprint density at radius 1 is 0.850 bits per heavy atom. The Balaban J connectivity index is 1.62. The second kappa shape index (κ2) is 12.1. The lowest BCUT2D eigenvalue weighted by Gasteiger charge is -2.34. The molecule has 0 saturated carbocycles. The number of esters is 3. The first-order valence-corrected chi connectivity index (χ1v) is 12.3. The van der Waals surface area contributed by atoms with Gasteiger partial charge in [-0.3, -0.25) is 10.1 Å². The number of nitro benzene ring substituents is 1. The van der Waals surface area contributed by atoms with Crippen LogP contribution in [-0.4, -0.2) is 60.1 Å². The van der Waals surface area contributed by atoms with Gasteiger partial charge in [0.2, 0.25) is 6.29 Å². The van der Waals surface area contributed by atoms with Crippen molar-refractivity contribution in [3.05, 3.63) is 112 Å². The first kappa shape index (κ1) is 28.4. The van der Waals surface area contributed by atoms with Crippen LogP contribution < -0.4 is 0 Å². The van der Waals surface area contributed by atoms with E-state index in [0.29, 0.717) is 0 Å². The third-order valence-corrected chi connectivity index (χ3v) is 6.46. The maximum atomic E-state index is 13.1. The van der Waals surface area contributed by atoms with Crippen LogP contribution in [0.4, 0.5) is 5.69 Å². The number of rotatable bonds is 9. The van der Waals surface area contributed by atoms with Gasteiger partial charge >= 0.3 is 17.9 Å². The summed E-state index contributed by atoms with van der Waals surface area (Å²) in [6.45, 7) is 3.03. The molecule has 0 aliphatic carbocycles. The monoisotopic (exact) mass is 549 g/mol.